The molecule has 1 saturated carbocycles. The van der Waals surface area contributed by atoms with Crippen LogP contribution in [0.15, 0.2) is 24.3 Å². The molecule has 4 nitrogen and oxygen atoms in total. The summed E-state index contributed by atoms with van der Waals surface area (Å²) in [6.07, 6.45) is 3.18. The maximum Gasteiger partial charge on any atom is 0.233 e. The fraction of sp³-hybridized carbons (Fsp3) is 0.500. The molecule has 1 aliphatic heterocycles. The number of nitrogens with one attached hydrogen (secondary N) is 1. The first-order valence-electron chi connectivity index (χ1n) is 7.44. The van der Waals surface area contributed by atoms with Gasteiger partial charge in [0.25, 0.3) is 0 Å². The summed E-state index contributed by atoms with van der Waals surface area (Å²) in [7, 11) is 0. The van der Waals surface area contributed by atoms with Gasteiger partial charge >= 0.3 is 0 Å². The maximum absolute atomic E-state index is 13.0. The number of nitrogens with zero attached hydrogens (tertiary/aromatic N) is 1. The van der Waals surface area contributed by atoms with Crippen LogP contribution in [0.2, 0.25) is 5.02 Å². The topological polar surface area (TPSA) is 49.4 Å². The minimum absolute atomic E-state index is 0.0238. The summed E-state index contributed by atoms with van der Waals surface area (Å²) in [5.41, 5.74) is 0.577. The van der Waals surface area contributed by atoms with Gasteiger partial charge in [0.05, 0.1) is 5.41 Å². The van der Waals surface area contributed by atoms with Gasteiger partial charge in [-0.1, -0.05) is 30.2 Å². The molecule has 1 N–H and O–H groups in total. The summed E-state index contributed by atoms with van der Waals surface area (Å²) in [4.78, 5) is 26.3. The van der Waals surface area contributed by atoms with E-state index in [2.05, 4.69) is 5.32 Å². The van der Waals surface area contributed by atoms with Crippen LogP contribution in [0.3, 0.4) is 0 Å². The Kier molecular flexibility index (Phi) is 3.89. The van der Waals surface area contributed by atoms with E-state index >= 15 is 0 Å². The number of halogens is 1. The number of amides is 2. The van der Waals surface area contributed by atoms with Crippen molar-refractivity contribution in [3.63, 3.8) is 0 Å². The second kappa shape index (κ2) is 5.68. The molecule has 0 spiro atoms. The fourth-order valence-electron chi connectivity index (χ4n) is 3.22. The van der Waals surface area contributed by atoms with Crippen LogP contribution in [0, 0.1) is 0 Å². The van der Waals surface area contributed by atoms with Crippen LogP contribution in [-0.2, 0) is 15.0 Å². The van der Waals surface area contributed by atoms with Crippen LogP contribution in [0.1, 0.15) is 31.2 Å². The van der Waals surface area contributed by atoms with Gasteiger partial charge in [0.1, 0.15) is 0 Å². The van der Waals surface area contributed by atoms with Gasteiger partial charge in [-0.05, 0) is 30.5 Å². The van der Waals surface area contributed by atoms with Gasteiger partial charge in [-0.15, -0.1) is 0 Å². The summed E-state index contributed by atoms with van der Waals surface area (Å²) >= 11 is 6.09. The quantitative estimate of drug-likeness (QED) is 0.910. The molecule has 1 aromatic carbocycles. The van der Waals surface area contributed by atoms with E-state index in [4.69, 9.17) is 11.6 Å². The third kappa shape index (κ3) is 2.64. The predicted molar refractivity (Wildman–Crippen MR) is 81.2 cm³/mol. The van der Waals surface area contributed by atoms with Gasteiger partial charge in [0.15, 0.2) is 0 Å². The highest BCUT2D eigenvalue weighted by atomic mass is 35.5. The number of benzene rings is 1. The molecule has 2 aliphatic rings. The highest BCUT2D eigenvalue weighted by molar-refractivity contribution is 6.30. The van der Waals surface area contributed by atoms with Crippen LogP contribution in [-0.4, -0.2) is 36.3 Å². The number of hydrogen-bond acceptors (Lipinski definition) is 2. The Balaban J connectivity index is 1.85. The average molecular weight is 307 g/mol. The molecule has 2 amide bonds. The maximum atomic E-state index is 13.0. The molecule has 0 unspecified atom stereocenters. The van der Waals surface area contributed by atoms with Gasteiger partial charge in [0, 0.05) is 31.1 Å². The molecule has 1 aliphatic carbocycles. The fourth-order valence-corrected chi connectivity index (χ4v) is 3.41. The normalized spacial score (nSPS) is 21.2. The van der Waals surface area contributed by atoms with Crippen molar-refractivity contribution >= 4 is 23.4 Å². The van der Waals surface area contributed by atoms with Gasteiger partial charge in [-0.3, -0.25) is 9.59 Å². The Hall–Kier alpha value is -1.55. The molecular formula is C16H19ClN2O2. The monoisotopic (exact) mass is 306 g/mol. The Bertz CT molecular complexity index is 569. The van der Waals surface area contributed by atoms with Crippen molar-refractivity contribution in [2.45, 2.75) is 31.1 Å². The molecule has 0 atom stereocenters. The largest absolute Gasteiger partial charge is 0.354 e. The lowest BCUT2D eigenvalue weighted by Crippen LogP contribution is -2.51. The Labute approximate surface area is 129 Å². The molecule has 1 aromatic rings. The highest BCUT2D eigenvalue weighted by Crippen LogP contribution is 2.45. The zero-order valence-corrected chi connectivity index (χ0v) is 12.7. The molecule has 0 radical (unpaired) electrons. The molecule has 0 aromatic heterocycles. The molecule has 1 heterocycles. The summed E-state index contributed by atoms with van der Waals surface area (Å²) in [6.45, 7) is 1.63. The smallest absolute Gasteiger partial charge is 0.233 e. The summed E-state index contributed by atoms with van der Waals surface area (Å²) in [5.74, 6) is 0.170. The summed E-state index contributed by atoms with van der Waals surface area (Å²) in [5, 5.41) is 3.48. The minimum Gasteiger partial charge on any atom is -0.354 e. The summed E-state index contributed by atoms with van der Waals surface area (Å²) < 4.78 is 0. The van der Waals surface area contributed by atoms with Gasteiger partial charge in [-0.2, -0.15) is 0 Å². The van der Waals surface area contributed by atoms with Crippen LogP contribution < -0.4 is 5.32 Å². The Morgan fingerprint density at radius 2 is 2.10 bits per heavy atom. The molecule has 2 fully saturated rings. The zero-order valence-electron chi connectivity index (χ0n) is 11.9. The number of carbonyl (C=O) groups is 2. The van der Waals surface area contributed by atoms with E-state index in [0.29, 0.717) is 31.1 Å². The number of hydrogen-bond donors (Lipinski definition) is 1. The van der Waals surface area contributed by atoms with E-state index in [1.807, 2.05) is 29.2 Å². The van der Waals surface area contributed by atoms with Crippen LogP contribution >= 0.6 is 11.6 Å². The minimum atomic E-state index is -0.432. The van der Waals surface area contributed by atoms with E-state index in [0.717, 1.165) is 24.8 Å². The third-order valence-electron chi connectivity index (χ3n) is 4.59. The standard InChI is InChI=1S/C16H19ClN2O2/c17-13-4-1-3-12(11-13)16(6-2-7-16)15(21)19-9-5-14(20)18-8-10-19/h1,3-4,11H,2,5-10H2,(H,18,20). The average Bonchev–Trinajstić information content (AvgIpc) is 2.62. The predicted octanol–water partition coefficient (Wildman–Crippen LogP) is 2.11. The lowest BCUT2D eigenvalue weighted by molar-refractivity contribution is -0.140. The van der Waals surface area contributed by atoms with E-state index in [9.17, 15) is 9.59 Å². The molecule has 3 rings (SSSR count). The second-order valence-corrected chi connectivity index (χ2v) is 6.27. The molecular weight excluding hydrogens is 288 g/mol. The van der Waals surface area contributed by atoms with E-state index in [1.165, 1.54) is 0 Å². The van der Waals surface area contributed by atoms with E-state index < -0.39 is 5.41 Å². The van der Waals surface area contributed by atoms with Crippen molar-refractivity contribution in [1.82, 2.24) is 10.2 Å². The van der Waals surface area contributed by atoms with Crippen molar-refractivity contribution in [3.05, 3.63) is 34.9 Å². The lowest BCUT2D eigenvalue weighted by atomic mass is 9.63. The van der Waals surface area contributed by atoms with Crippen LogP contribution in [0.4, 0.5) is 0 Å². The summed E-state index contributed by atoms with van der Waals surface area (Å²) in [6, 6.07) is 7.62. The van der Waals surface area contributed by atoms with Gasteiger partial charge in [0.2, 0.25) is 11.8 Å². The van der Waals surface area contributed by atoms with Crippen molar-refractivity contribution in [3.8, 4) is 0 Å². The third-order valence-corrected chi connectivity index (χ3v) is 4.83. The van der Waals surface area contributed by atoms with Crippen molar-refractivity contribution in [1.29, 1.82) is 0 Å². The SMILES string of the molecule is O=C1CCN(C(=O)C2(c3cccc(Cl)c3)CCC2)CCN1. The first-order valence-corrected chi connectivity index (χ1v) is 7.82. The molecule has 112 valence electrons. The second-order valence-electron chi connectivity index (χ2n) is 5.84. The van der Waals surface area contributed by atoms with Crippen molar-refractivity contribution in [2.75, 3.05) is 19.6 Å². The molecule has 1 saturated heterocycles. The Morgan fingerprint density at radius 1 is 1.29 bits per heavy atom. The lowest BCUT2D eigenvalue weighted by Gasteiger charge is -2.43. The Morgan fingerprint density at radius 3 is 2.76 bits per heavy atom. The number of rotatable bonds is 2. The highest BCUT2D eigenvalue weighted by Gasteiger charge is 2.47. The van der Waals surface area contributed by atoms with Gasteiger partial charge in [-0.25, -0.2) is 0 Å². The zero-order chi connectivity index (χ0) is 14.9. The van der Waals surface area contributed by atoms with Crippen LogP contribution in [0.5, 0.6) is 0 Å². The van der Waals surface area contributed by atoms with E-state index in [1.54, 1.807) is 0 Å². The molecule has 21 heavy (non-hydrogen) atoms. The van der Waals surface area contributed by atoms with Crippen molar-refractivity contribution in [2.24, 2.45) is 0 Å². The van der Waals surface area contributed by atoms with Crippen molar-refractivity contribution < 1.29 is 9.59 Å². The van der Waals surface area contributed by atoms with E-state index in [-0.39, 0.29) is 11.8 Å². The molecule has 5 heteroatoms. The first kappa shape index (κ1) is 14.4. The van der Waals surface area contributed by atoms with Gasteiger partial charge < -0.3 is 10.2 Å². The van der Waals surface area contributed by atoms with Crippen LogP contribution in [0.25, 0.3) is 0 Å². The molecule has 0 bridgehead atoms. The first-order chi connectivity index (χ1) is 10.1. The number of carbonyl (C=O) groups excluding carboxylic acids is 2.